The standard InChI is InChI=1S/C15H13N3O2S/c1-10-4-3-9-18-13(10)16-15(21-18)17-14(19)11-5-7-12(20-2)8-6-11/h3-9H,1-2H3. The number of methoxy groups -OCH3 is 1. The van der Waals surface area contributed by atoms with Crippen molar-refractivity contribution in [2.75, 3.05) is 7.11 Å². The van der Waals surface area contributed by atoms with E-state index in [1.807, 2.05) is 29.0 Å². The maximum atomic E-state index is 12.1. The van der Waals surface area contributed by atoms with Gasteiger partial charge in [0.05, 0.1) is 7.11 Å². The van der Waals surface area contributed by atoms with Gasteiger partial charge in [0.2, 0.25) is 4.80 Å². The van der Waals surface area contributed by atoms with Crippen LogP contribution in [0.4, 0.5) is 0 Å². The Bertz CT molecular complexity index is 863. The molecule has 0 bridgehead atoms. The quantitative estimate of drug-likeness (QED) is 0.730. The summed E-state index contributed by atoms with van der Waals surface area (Å²) in [5, 5.41) is 0. The first-order valence-electron chi connectivity index (χ1n) is 6.36. The smallest absolute Gasteiger partial charge is 0.279 e. The lowest BCUT2D eigenvalue weighted by atomic mass is 10.2. The van der Waals surface area contributed by atoms with Crippen LogP contribution in [0, 0.1) is 6.92 Å². The lowest BCUT2D eigenvalue weighted by Gasteiger charge is -1.98. The Morgan fingerprint density at radius 1 is 1.29 bits per heavy atom. The van der Waals surface area contributed by atoms with Crippen molar-refractivity contribution in [3.8, 4) is 5.75 Å². The first kappa shape index (κ1) is 13.5. The van der Waals surface area contributed by atoms with Crippen molar-refractivity contribution in [1.29, 1.82) is 0 Å². The van der Waals surface area contributed by atoms with E-state index in [1.165, 1.54) is 11.5 Å². The second kappa shape index (κ2) is 5.49. The maximum absolute atomic E-state index is 12.1. The van der Waals surface area contributed by atoms with Gasteiger partial charge in [-0.05, 0) is 54.4 Å². The van der Waals surface area contributed by atoms with E-state index in [1.54, 1.807) is 31.4 Å². The molecule has 2 aromatic heterocycles. The van der Waals surface area contributed by atoms with Crippen molar-refractivity contribution in [3.63, 3.8) is 0 Å². The van der Waals surface area contributed by atoms with Crippen molar-refractivity contribution in [2.45, 2.75) is 6.92 Å². The average Bonchev–Trinajstić information content (AvgIpc) is 2.91. The normalized spacial score (nSPS) is 11.8. The molecule has 0 saturated heterocycles. The predicted molar refractivity (Wildman–Crippen MR) is 80.7 cm³/mol. The Kier molecular flexibility index (Phi) is 3.53. The molecule has 0 aliphatic rings. The van der Waals surface area contributed by atoms with Gasteiger partial charge < -0.3 is 4.74 Å². The Labute approximate surface area is 125 Å². The molecule has 1 amide bonds. The SMILES string of the molecule is COc1ccc(C(=O)N=c2nc3c(C)cccn3s2)cc1. The zero-order valence-electron chi connectivity index (χ0n) is 11.6. The van der Waals surface area contributed by atoms with Crippen LogP contribution in [0.25, 0.3) is 5.65 Å². The number of aryl methyl sites for hydroxylation is 1. The lowest BCUT2D eigenvalue weighted by Crippen LogP contribution is -2.05. The van der Waals surface area contributed by atoms with Crippen LogP contribution >= 0.6 is 11.5 Å². The second-order valence-electron chi connectivity index (χ2n) is 4.47. The van der Waals surface area contributed by atoms with Crippen LogP contribution in [0.1, 0.15) is 15.9 Å². The van der Waals surface area contributed by atoms with Gasteiger partial charge >= 0.3 is 0 Å². The number of hydrogen-bond donors (Lipinski definition) is 0. The Balaban J connectivity index is 1.98. The zero-order chi connectivity index (χ0) is 14.8. The van der Waals surface area contributed by atoms with Crippen molar-refractivity contribution in [1.82, 2.24) is 8.77 Å². The van der Waals surface area contributed by atoms with Gasteiger partial charge in [-0.1, -0.05) is 6.07 Å². The van der Waals surface area contributed by atoms with Crippen LogP contribution in [0.2, 0.25) is 0 Å². The topological polar surface area (TPSA) is 56.0 Å². The molecule has 0 aliphatic heterocycles. The van der Waals surface area contributed by atoms with Gasteiger partial charge in [0.1, 0.15) is 5.75 Å². The summed E-state index contributed by atoms with van der Waals surface area (Å²) in [7, 11) is 1.59. The third kappa shape index (κ3) is 2.71. The largest absolute Gasteiger partial charge is 0.497 e. The van der Waals surface area contributed by atoms with Crippen LogP contribution < -0.4 is 9.54 Å². The Morgan fingerprint density at radius 2 is 2.05 bits per heavy atom. The van der Waals surface area contributed by atoms with Crippen molar-refractivity contribution in [3.05, 3.63) is 58.5 Å². The number of nitrogens with zero attached hydrogens (tertiary/aromatic N) is 3. The van der Waals surface area contributed by atoms with Crippen LogP contribution in [-0.2, 0) is 0 Å². The maximum Gasteiger partial charge on any atom is 0.279 e. The highest BCUT2D eigenvalue weighted by molar-refractivity contribution is 7.03. The van der Waals surface area contributed by atoms with E-state index in [0.717, 1.165) is 11.2 Å². The van der Waals surface area contributed by atoms with Gasteiger partial charge in [0.25, 0.3) is 5.91 Å². The van der Waals surface area contributed by atoms with Gasteiger partial charge in [0.15, 0.2) is 5.65 Å². The number of hydrogen-bond acceptors (Lipinski definition) is 4. The monoisotopic (exact) mass is 299 g/mol. The summed E-state index contributed by atoms with van der Waals surface area (Å²) in [4.78, 5) is 21.0. The first-order valence-corrected chi connectivity index (χ1v) is 7.13. The van der Waals surface area contributed by atoms with Gasteiger partial charge in [0, 0.05) is 11.8 Å². The van der Waals surface area contributed by atoms with E-state index >= 15 is 0 Å². The molecule has 5 nitrogen and oxygen atoms in total. The minimum absolute atomic E-state index is 0.310. The summed E-state index contributed by atoms with van der Waals surface area (Å²) < 4.78 is 6.96. The number of pyridine rings is 1. The third-order valence-electron chi connectivity index (χ3n) is 3.04. The van der Waals surface area contributed by atoms with Crippen LogP contribution in [0.15, 0.2) is 47.6 Å². The van der Waals surface area contributed by atoms with E-state index in [0.29, 0.717) is 16.1 Å². The Morgan fingerprint density at radius 3 is 2.71 bits per heavy atom. The molecule has 3 rings (SSSR count). The van der Waals surface area contributed by atoms with Crippen molar-refractivity contribution in [2.24, 2.45) is 4.99 Å². The average molecular weight is 299 g/mol. The number of amides is 1. The molecule has 0 spiro atoms. The molecule has 0 N–H and O–H groups in total. The number of benzene rings is 1. The summed E-state index contributed by atoms with van der Waals surface area (Å²) >= 11 is 1.34. The van der Waals surface area contributed by atoms with Gasteiger partial charge in [-0.15, -0.1) is 0 Å². The molecule has 0 saturated carbocycles. The summed E-state index contributed by atoms with van der Waals surface area (Å²) in [6.45, 7) is 1.98. The zero-order valence-corrected chi connectivity index (χ0v) is 12.4. The Hall–Kier alpha value is -2.47. The van der Waals surface area contributed by atoms with Gasteiger partial charge in [-0.25, -0.2) is 0 Å². The molecule has 6 heteroatoms. The van der Waals surface area contributed by atoms with E-state index in [9.17, 15) is 4.79 Å². The molecule has 106 valence electrons. The number of aromatic nitrogens is 2. The highest BCUT2D eigenvalue weighted by Crippen LogP contribution is 2.12. The predicted octanol–water partition coefficient (Wildman–Crippen LogP) is 2.45. The van der Waals surface area contributed by atoms with Gasteiger partial charge in [-0.3, -0.25) is 8.58 Å². The molecule has 21 heavy (non-hydrogen) atoms. The highest BCUT2D eigenvalue weighted by Gasteiger charge is 2.06. The van der Waals surface area contributed by atoms with Crippen LogP contribution in [-0.4, -0.2) is 21.8 Å². The summed E-state index contributed by atoms with van der Waals surface area (Å²) in [5.41, 5.74) is 2.38. The number of carbonyl (C=O) groups is 1. The summed E-state index contributed by atoms with van der Waals surface area (Å²) in [5.74, 6) is 0.396. The molecule has 0 fully saturated rings. The summed E-state index contributed by atoms with van der Waals surface area (Å²) in [6, 6.07) is 10.8. The summed E-state index contributed by atoms with van der Waals surface area (Å²) in [6.07, 6.45) is 1.90. The minimum atomic E-state index is -0.310. The molecular weight excluding hydrogens is 286 g/mol. The van der Waals surface area contributed by atoms with Crippen molar-refractivity contribution < 1.29 is 9.53 Å². The molecule has 0 atom stereocenters. The fourth-order valence-corrected chi connectivity index (χ4v) is 2.75. The van der Waals surface area contributed by atoms with Gasteiger partial charge in [-0.2, -0.15) is 9.98 Å². The molecule has 1 aromatic carbocycles. The second-order valence-corrected chi connectivity index (χ2v) is 5.41. The van der Waals surface area contributed by atoms with E-state index in [-0.39, 0.29) is 5.91 Å². The van der Waals surface area contributed by atoms with Crippen molar-refractivity contribution >= 4 is 23.1 Å². The minimum Gasteiger partial charge on any atom is -0.497 e. The molecule has 0 unspecified atom stereocenters. The molecular formula is C15H13N3O2S. The molecule has 2 heterocycles. The number of rotatable bonds is 2. The van der Waals surface area contributed by atoms with E-state index < -0.39 is 0 Å². The number of ether oxygens (including phenoxy) is 1. The fourth-order valence-electron chi connectivity index (χ4n) is 1.93. The number of fused-ring (bicyclic) bond motifs is 1. The van der Waals surface area contributed by atoms with Crippen LogP contribution in [0.3, 0.4) is 0 Å². The molecule has 0 radical (unpaired) electrons. The molecule has 3 aromatic rings. The third-order valence-corrected chi connectivity index (χ3v) is 3.88. The highest BCUT2D eigenvalue weighted by atomic mass is 32.1. The van der Waals surface area contributed by atoms with E-state index in [2.05, 4.69) is 9.98 Å². The molecule has 0 aliphatic carbocycles. The number of carbonyl (C=O) groups excluding carboxylic acids is 1. The first-order chi connectivity index (χ1) is 10.2. The fraction of sp³-hybridized carbons (Fsp3) is 0.133. The van der Waals surface area contributed by atoms with Crippen LogP contribution in [0.5, 0.6) is 5.75 Å². The lowest BCUT2D eigenvalue weighted by molar-refractivity contribution is 0.0998. The van der Waals surface area contributed by atoms with E-state index in [4.69, 9.17) is 4.74 Å².